The van der Waals surface area contributed by atoms with Gasteiger partial charge in [-0.1, -0.05) is 20.3 Å². The van der Waals surface area contributed by atoms with Crippen molar-refractivity contribution in [3.05, 3.63) is 0 Å². The Morgan fingerprint density at radius 2 is 2.11 bits per heavy atom. The molecule has 0 bridgehead atoms. The van der Waals surface area contributed by atoms with Crippen molar-refractivity contribution in [1.29, 1.82) is 0 Å². The average Bonchev–Trinajstić information content (AvgIpc) is 2.38. The van der Waals surface area contributed by atoms with Crippen LogP contribution in [0.25, 0.3) is 0 Å². The van der Waals surface area contributed by atoms with Gasteiger partial charge in [0, 0.05) is 25.6 Å². The molecule has 0 aliphatic carbocycles. The highest BCUT2D eigenvalue weighted by Gasteiger charge is 2.17. The minimum atomic E-state index is 0.163. The van der Waals surface area contributed by atoms with Crippen LogP contribution < -0.4 is 10.6 Å². The molecule has 0 aromatic carbocycles. The zero-order valence-electron chi connectivity index (χ0n) is 12.9. The Hall–Kier alpha value is -0.610. The van der Waals surface area contributed by atoms with Crippen LogP contribution in [0.15, 0.2) is 0 Å². The molecule has 112 valence electrons. The molecule has 0 aromatic rings. The van der Waals surface area contributed by atoms with Crippen LogP contribution in [-0.4, -0.2) is 50.1 Å². The van der Waals surface area contributed by atoms with Crippen LogP contribution in [0.1, 0.15) is 46.0 Å². The summed E-state index contributed by atoms with van der Waals surface area (Å²) in [5, 5.41) is 6.33. The van der Waals surface area contributed by atoms with Gasteiger partial charge in [0.25, 0.3) is 0 Å². The number of rotatable bonds is 8. The number of hydrogen-bond acceptors (Lipinski definition) is 3. The summed E-state index contributed by atoms with van der Waals surface area (Å²) in [7, 11) is 2.23. The first-order valence-corrected chi connectivity index (χ1v) is 7.77. The van der Waals surface area contributed by atoms with Crippen molar-refractivity contribution in [2.24, 2.45) is 5.92 Å². The van der Waals surface area contributed by atoms with Gasteiger partial charge in [0.05, 0.1) is 0 Å². The molecular formula is C15H31N3O. The molecule has 1 heterocycles. The van der Waals surface area contributed by atoms with Gasteiger partial charge in [0.15, 0.2) is 0 Å². The van der Waals surface area contributed by atoms with Crippen LogP contribution in [-0.2, 0) is 4.79 Å². The van der Waals surface area contributed by atoms with E-state index in [1.807, 2.05) is 0 Å². The molecule has 4 nitrogen and oxygen atoms in total. The second-order valence-electron chi connectivity index (χ2n) is 6.12. The number of carbonyl (C=O) groups excluding carboxylic acids is 1. The summed E-state index contributed by atoms with van der Waals surface area (Å²) >= 11 is 0. The molecule has 1 aliphatic rings. The highest BCUT2D eigenvalue weighted by atomic mass is 16.1. The van der Waals surface area contributed by atoms with Gasteiger partial charge in [-0.05, 0) is 45.3 Å². The van der Waals surface area contributed by atoms with Crippen LogP contribution in [0.5, 0.6) is 0 Å². The molecule has 4 heteroatoms. The quantitative estimate of drug-likeness (QED) is 0.658. The van der Waals surface area contributed by atoms with E-state index in [1.165, 1.54) is 32.2 Å². The highest BCUT2D eigenvalue weighted by Crippen LogP contribution is 2.16. The van der Waals surface area contributed by atoms with Crippen molar-refractivity contribution in [1.82, 2.24) is 15.5 Å². The topological polar surface area (TPSA) is 44.4 Å². The van der Waals surface area contributed by atoms with E-state index in [9.17, 15) is 4.79 Å². The Balaban J connectivity index is 1.97. The standard InChI is InChI=1S/C15H31N3O/c1-13(2)12-17-15(19)8-10-16-9-7-14-6-4-5-11-18(14)3/h13-14,16H,4-12H2,1-3H3,(H,17,19). The molecule has 1 unspecified atom stereocenters. The first-order chi connectivity index (χ1) is 9.09. The lowest BCUT2D eigenvalue weighted by molar-refractivity contribution is -0.121. The number of nitrogens with zero attached hydrogens (tertiary/aromatic N) is 1. The van der Waals surface area contributed by atoms with Gasteiger partial charge in [-0.15, -0.1) is 0 Å². The third-order valence-corrected chi connectivity index (χ3v) is 3.81. The Morgan fingerprint density at radius 1 is 1.32 bits per heavy atom. The Kier molecular flexibility index (Phi) is 8.07. The van der Waals surface area contributed by atoms with Gasteiger partial charge in [-0.25, -0.2) is 0 Å². The van der Waals surface area contributed by atoms with Crippen LogP contribution in [0.3, 0.4) is 0 Å². The average molecular weight is 269 g/mol. The molecule has 0 saturated carbocycles. The van der Waals surface area contributed by atoms with Gasteiger partial charge in [0.1, 0.15) is 0 Å². The number of amides is 1. The number of likely N-dealkylation sites (tertiary alicyclic amines) is 1. The molecular weight excluding hydrogens is 238 g/mol. The summed E-state index contributed by atoms with van der Waals surface area (Å²) in [4.78, 5) is 14.0. The van der Waals surface area contributed by atoms with Crippen LogP contribution in [0, 0.1) is 5.92 Å². The second kappa shape index (κ2) is 9.32. The summed E-state index contributed by atoms with van der Waals surface area (Å²) in [5.41, 5.74) is 0. The Labute approximate surface area is 118 Å². The van der Waals surface area contributed by atoms with E-state index in [0.717, 1.165) is 25.7 Å². The van der Waals surface area contributed by atoms with Gasteiger partial charge in [-0.2, -0.15) is 0 Å². The normalized spacial score (nSPS) is 20.7. The molecule has 1 fully saturated rings. The van der Waals surface area contributed by atoms with Crippen molar-refractivity contribution in [3.8, 4) is 0 Å². The maximum Gasteiger partial charge on any atom is 0.221 e. The molecule has 0 radical (unpaired) electrons. The van der Waals surface area contributed by atoms with E-state index in [1.54, 1.807) is 0 Å². The molecule has 1 amide bonds. The summed E-state index contributed by atoms with van der Waals surface area (Å²) in [5.74, 6) is 0.690. The molecule has 1 rings (SSSR count). The summed E-state index contributed by atoms with van der Waals surface area (Å²) < 4.78 is 0. The molecule has 0 aromatic heterocycles. The number of piperidine rings is 1. The van der Waals surface area contributed by atoms with Crippen molar-refractivity contribution in [2.75, 3.05) is 33.2 Å². The summed E-state index contributed by atoms with van der Waals surface area (Å²) in [6.07, 6.45) is 5.83. The third-order valence-electron chi connectivity index (χ3n) is 3.81. The van der Waals surface area contributed by atoms with Crippen LogP contribution in [0.4, 0.5) is 0 Å². The second-order valence-corrected chi connectivity index (χ2v) is 6.12. The fourth-order valence-electron chi connectivity index (χ4n) is 2.51. The lowest BCUT2D eigenvalue weighted by Crippen LogP contribution is -2.38. The van der Waals surface area contributed by atoms with Crippen molar-refractivity contribution >= 4 is 5.91 Å². The monoisotopic (exact) mass is 269 g/mol. The first kappa shape index (κ1) is 16.4. The third kappa shape index (κ3) is 7.53. The SMILES string of the molecule is CC(C)CNC(=O)CCNCCC1CCCCN1C. The maximum absolute atomic E-state index is 11.5. The van der Waals surface area contributed by atoms with Crippen LogP contribution >= 0.6 is 0 Å². The van der Waals surface area contributed by atoms with E-state index in [2.05, 4.69) is 36.4 Å². The first-order valence-electron chi connectivity index (χ1n) is 7.77. The lowest BCUT2D eigenvalue weighted by Gasteiger charge is -2.32. The number of carbonyl (C=O) groups is 1. The zero-order chi connectivity index (χ0) is 14.1. The van der Waals surface area contributed by atoms with Gasteiger partial charge < -0.3 is 15.5 Å². The number of hydrogen-bond donors (Lipinski definition) is 2. The minimum Gasteiger partial charge on any atom is -0.356 e. The van der Waals surface area contributed by atoms with E-state index < -0.39 is 0 Å². The van der Waals surface area contributed by atoms with E-state index >= 15 is 0 Å². The predicted molar refractivity (Wildman–Crippen MR) is 80.2 cm³/mol. The molecule has 2 N–H and O–H groups in total. The van der Waals surface area contributed by atoms with E-state index in [4.69, 9.17) is 0 Å². The fourth-order valence-corrected chi connectivity index (χ4v) is 2.51. The smallest absolute Gasteiger partial charge is 0.221 e. The van der Waals surface area contributed by atoms with Gasteiger partial charge in [0.2, 0.25) is 5.91 Å². The fraction of sp³-hybridized carbons (Fsp3) is 0.933. The van der Waals surface area contributed by atoms with E-state index in [0.29, 0.717) is 12.3 Å². The van der Waals surface area contributed by atoms with E-state index in [-0.39, 0.29) is 5.91 Å². The van der Waals surface area contributed by atoms with Crippen molar-refractivity contribution in [2.45, 2.75) is 52.0 Å². The minimum absolute atomic E-state index is 0.163. The Bertz CT molecular complexity index is 256. The zero-order valence-corrected chi connectivity index (χ0v) is 12.9. The van der Waals surface area contributed by atoms with Crippen molar-refractivity contribution in [3.63, 3.8) is 0 Å². The molecule has 19 heavy (non-hydrogen) atoms. The summed E-state index contributed by atoms with van der Waals surface area (Å²) in [6.45, 7) is 8.05. The molecule has 0 spiro atoms. The molecule has 1 saturated heterocycles. The van der Waals surface area contributed by atoms with Gasteiger partial charge >= 0.3 is 0 Å². The summed E-state index contributed by atoms with van der Waals surface area (Å²) in [6, 6.07) is 0.732. The van der Waals surface area contributed by atoms with Gasteiger partial charge in [-0.3, -0.25) is 4.79 Å². The maximum atomic E-state index is 11.5. The van der Waals surface area contributed by atoms with Crippen LogP contribution in [0.2, 0.25) is 0 Å². The molecule has 1 atom stereocenters. The molecule has 1 aliphatic heterocycles. The lowest BCUT2D eigenvalue weighted by atomic mass is 10.0. The predicted octanol–water partition coefficient (Wildman–Crippen LogP) is 1.61. The van der Waals surface area contributed by atoms with Crippen molar-refractivity contribution < 1.29 is 4.79 Å². The Morgan fingerprint density at radius 3 is 2.79 bits per heavy atom. The largest absolute Gasteiger partial charge is 0.356 e. The number of nitrogens with one attached hydrogen (secondary N) is 2. The highest BCUT2D eigenvalue weighted by molar-refractivity contribution is 5.76.